The van der Waals surface area contributed by atoms with Gasteiger partial charge in [-0.05, 0) is 38.2 Å². The Morgan fingerprint density at radius 2 is 1.92 bits per heavy atom. The highest BCUT2D eigenvalue weighted by atomic mass is 16.2. The van der Waals surface area contributed by atoms with Crippen molar-refractivity contribution in [2.45, 2.75) is 82.7 Å². The summed E-state index contributed by atoms with van der Waals surface area (Å²) < 4.78 is 0. The third-order valence-electron chi connectivity index (χ3n) is 6.18. The van der Waals surface area contributed by atoms with Gasteiger partial charge in [0.2, 0.25) is 11.8 Å². The quantitative estimate of drug-likeness (QED) is 0.795. The highest BCUT2D eigenvalue weighted by Gasteiger charge is 2.34. The molecule has 0 radical (unpaired) electrons. The molecule has 2 heterocycles. The predicted molar refractivity (Wildman–Crippen MR) is 98.3 cm³/mol. The molecular formula is C20H30N4O2. The monoisotopic (exact) mass is 358 g/mol. The summed E-state index contributed by atoms with van der Waals surface area (Å²) in [7, 11) is 0. The smallest absolute Gasteiger partial charge is 0.225 e. The zero-order chi connectivity index (χ0) is 17.9. The zero-order valence-corrected chi connectivity index (χ0v) is 15.5. The Hall–Kier alpha value is -1.85. The molecule has 1 atom stereocenters. The van der Waals surface area contributed by atoms with Crippen LogP contribution in [0.25, 0.3) is 0 Å². The van der Waals surface area contributed by atoms with Crippen LogP contribution in [-0.2, 0) is 16.1 Å². The number of aromatic amines is 1. The maximum absolute atomic E-state index is 12.6. The largest absolute Gasteiger partial charge is 0.350 e. The van der Waals surface area contributed by atoms with E-state index in [-0.39, 0.29) is 17.7 Å². The van der Waals surface area contributed by atoms with Gasteiger partial charge in [-0.25, -0.2) is 0 Å². The molecule has 1 aliphatic heterocycles. The molecule has 2 aliphatic carbocycles. The van der Waals surface area contributed by atoms with Crippen molar-refractivity contribution >= 4 is 11.8 Å². The van der Waals surface area contributed by atoms with Crippen LogP contribution in [0.15, 0.2) is 6.07 Å². The molecule has 4 rings (SSSR count). The third kappa shape index (κ3) is 4.10. The standard InChI is InChI=1S/C20H30N4O2/c25-19-10-9-15(13-24(19)17-5-3-1-2-4-6-17)20(26)21-12-16-11-18(23-22-16)14-7-8-14/h11,14-15,17H,1-10,12-13H2,(H,21,26)(H,22,23)/t15-/m1/s1. The van der Waals surface area contributed by atoms with Crippen molar-refractivity contribution in [2.75, 3.05) is 6.54 Å². The van der Waals surface area contributed by atoms with Crippen molar-refractivity contribution in [3.05, 3.63) is 17.5 Å². The first-order valence-corrected chi connectivity index (χ1v) is 10.3. The maximum atomic E-state index is 12.6. The lowest BCUT2D eigenvalue weighted by molar-refractivity contribution is -0.141. The fourth-order valence-electron chi connectivity index (χ4n) is 4.39. The van der Waals surface area contributed by atoms with Gasteiger partial charge in [0.25, 0.3) is 0 Å². The molecule has 26 heavy (non-hydrogen) atoms. The fourth-order valence-corrected chi connectivity index (χ4v) is 4.39. The summed E-state index contributed by atoms with van der Waals surface area (Å²) in [6.07, 6.45) is 10.8. The number of likely N-dealkylation sites (tertiary alicyclic amines) is 1. The minimum absolute atomic E-state index is 0.0682. The van der Waals surface area contributed by atoms with E-state index in [4.69, 9.17) is 0 Å². The summed E-state index contributed by atoms with van der Waals surface area (Å²) >= 11 is 0. The molecule has 3 fully saturated rings. The lowest BCUT2D eigenvalue weighted by atomic mass is 9.93. The van der Waals surface area contributed by atoms with Gasteiger partial charge in [-0.2, -0.15) is 5.10 Å². The summed E-state index contributed by atoms with van der Waals surface area (Å²) in [4.78, 5) is 27.1. The van der Waals surface area contributed by atoms with E-state index >= 15 is 0 Å². The van der Waals surface area contributed by atoms with Gasteiger partial charge < -0.3 is 10.2 Å². The first-order valence-electron chi connectivity index (χ1n) is 10.3. The molecule has 0 spiro atoms. The molecule has 3 aliphatic rings. The van der Waals surface area contributed by atoms with Crippen LogP contribution in [0.2, 0.25) is 0 Å². The Labute approximate surface area is 155 Å². The molecule has 6 nitrogen and oxygen atoms in total. The van der Waals surface area contributed by atoms with Crippen LogP contribution in [0.3, 0.4) is 0 Å². The first-order chi connectivity index (χ1) is 12.7. The summed E-state index contributed by atoms with van der Waals surface area (Å²) in [5, 5.41) is 10.4. The second-order valence-corrected chi connectivity index (χ2v) is 8.24. The van der Waals surface area contributed by atoms with Crippen LogP contribution >= 0.6 is 0 Å². The van der Waals surface area contributed by atoms with Crippen molar-refractivity contribution in [1.82, 2.24) is 20.4 Å². The highest BCUT2D eigenvalue weighted by molar-refractivity contribution is 5.84. The average molecular weight is 358 g/mol. The van der Waals surface area contributed by atoms with Crippen molar-refractivity contribution in [2.24, 2.45) is 5.92 Å². The Morgan fingerprint density at radius 3 is 2.65 bits per heavy atom. The van der Waals surface area contributed by atoms with Crippen LogP contribution in [0.1, 0.15) is 81.5 Å². The highest BCUT2D eigenvalue weighted by Crippen LogP contribution is 2.39. The van der Waals surface area contributed by atoms with E-state index in [1.807, 2.05) is 4.90 Å². The summed E-state index contributed by atoms with van der Waals surface area (Å²) in [5.41, 5.74) is 2.09. The minimum Gasteiger partial charge on any atom is -0.350 e. The molecule has 0 unspecified atom stereocenters. The second-order valence-electron chi connectivity index (χ2n) is 8.24. The van der Waals surface area contributed by atoms with E-state index in [0.29, 0.717) is 37.9 Å². The van der Waals surface area contributed by atoms with E-state index in [1.54, 1.807) is 0 Å². The fraction of sp³-hybridized carbons (Fsp3) is 0.750. The molecule has 2 N–H and O–H groups in total. The molecule has 0 bridgehead atoms. The first kappa shape index (κ1) is 17.6. The van der Waals surface area contributed by atoms with Crippen molar-refractivity contribution in [1.29, 1.82) is 0 Å². The number of nitrogens with zero attached hydrogens (tertiary/aromatic N) is 2. The van der Waals surface area contributed by atoms with Gasteiger partial charge in [-0.3, -0.25) is 14.7 Å². The van der Waals surface area contributed by atoms with Gasteiger partial charge >= 0.3 is 0 Å². The van der Waals surface area contributed by atoms with Gasteiger partial charge in [-0.1, -0.05) is 25.7 Å². The number of H-pyrrole nitrogens is 1. The number of amides is 2. The summed E-state index contributed by atoms with van der Waals surface area (Å²) in [6.45, 7) is 1.08. The number of carbonyl (C=O) groups is 2. The zero-order valence-electron chi connectivity index (χ0n) is 15.5. The van der Waals surface area contributed by atoms with E-state index in [2.05, 4.69) is 21.6 Å². The van der Waals surface area contributed by atoms with Crippen LogP contribution in [0.5, 0.6) is 0 Å². The van der Waals surface area contributed by atoms with E-state index < -0.39 is 0 Å². The molecule has 6 heteroatoms. The average Bonchev–Trinajstić information content (AvgIpc) is 3.44. The molecule has 2 amide bonds. The number of carbonyl (C=O) groups excluding carboxylic acids is 2. The van der Waals surface area contributed by atoms with Crippen molar-refractivity contribution < 1.29 is 9.59 Å². The molecule has 1 aromatic heterocycles. The van der Waals surface area contributed by atoms with Gasteiger partial charge in [0.1, 0.15) is 0 Å². The third-order valence-corrected chi connectivity index (χ3v) is 6.18. The Balaban J connectivity index is 1.30. The molecule has 2 saturated carbocycles. The van der Waals surface area contributed by atoms with Gasteiger partial charge in [0, 0.05) is 24.9 Å². The lowest BCUT2D eigenvalue weighted by Gasteiger charge is -2.37. The Kier molecular flexibility index (Phi) is 5.27. The number of nitrogens with one attached hydrogen (secondary N) is 2. The van der Waals surface area contributed by atoms with Crippen LogP contribution in [0, 0.1) is 5.92 Å². The van der Waals surface area contributed by atoms with Crippen LogP contribution < -0.4 is 5.32 Å². The Morgan fingerprint density at radius 1 is 1.15 bits per heavy atom. The number of hydrogen-bond acceptors (Lipinski definition) is 3. The van der Waals surface area contributed by atoms with Crippen LogP contribution in [0.4, 0.5) is 0 Å². The summed E-state index contributed by atoms with van der Waals surface area (Å²) in [6, 6.07) is 2.41. The second kappa shape index (κ2) is 7.80. The number of aromatic nitrogens is 2. The maximum Gasteiger partial charge on any atom is 0.225 e. The van der Waals surface area contributed by atoms with E-state index in [1.165, 1.54) is 38.5 Å². The van der Waals surface area contributed by atoms with Crippen LogP contribution in [-0.4, -0.2) is 39.5 Å². The summed E-state index contributed by atoms with van der Waals surface area (Å²) in [5.74, 6) is 0.845. The molecule has 1 saturated heterocycles. The van der Waals surface area contributed by atoms with Gasteiger partial charge in [-0.15, -0.1) is 0 Å². The molecule has 1 aromatic rings. The lowest BCUT2D eigenvalue weighted by Crippen LogP contribution is -2.49. The van der Waals surface area contributed by atoms with E-state index in [0.717, 1.165) is 24.2 Å². The number of hydrogen-bond donors (Lipinski definition) is 2. The molecule has 142 valence electrons. The number of piperidine rings is 1. The van der Waals surface area contributed by atoms with Crippen molar-refractivity contribution in [3.63, 3.8) is 0 Å². The number of rotatable bonds is 5. The minimum atomic E-state index is -0.0817. The van der Waals surface area contributed by atoms with Gasteiger partial charge in [0.05, 0.1) is 23.9 Å². The normalized spacial score (nSPS) is 25.2. The van der Waals surface area contributed by atoms with Gasteiger partial charge in [0.15, 0.2) is 0 Å². The van der Waals surface area contributed by atoms with Crippen molar-refractivity contribution in [3.8, 4) is 0 Å². The molecule has 0 aromatic carbocycles. The topological polar surface area (TPSA) is 78.1 Å². The Bertz CT molecular complexity index is 644. The SMILES string of the molecule is O=C(NCc1cc(C2CC2)n[nH]1)[C@@H]1CCC(=O)N(C2CCCCCC2)C1. The molecular weight excluding hydrogens is 328 g/mol. The van der Waals surface area contributed by atoms with E-state index in [9.17, 15) is 9.59 Å². The predicted octanol–water partition coefficient (Wildman–Crippen LogP) is 2.86.